The number of alkyl halides is 3. The number of nitrogens with zero attached hydrogens (tertiary/aromatic N) is 2. The molecule has 0 atom stereocenters. The smallest absolute Gasteiger partial charge is 0.341 e. The molecule has 110 valence electrons. The van der Waals surface area contributed by atoms with Crippen LogP contribution in [-0.4, -0.2) is 54.5 Å². The minimum absolute atomic E-state index is 0.0793. The van der Waals surface area contributed by atoms with Gasteiger partial charge in [0.15, 0.2) is 0 Å². The predicted molar refractivity (Wildman–Crippen MR) is 63.3 cm³/mol. The topological polar surface area (TPSA) is 40.6 Å². The Labute approximate surface area is 110 Å². The maximum Gasteiger partial charge on any atom is 0.471 e. The third-order valence-corrected chi connectivity index (χ3v) is 3.48. The maximum atomic E-state index is 12.2. The number of likely N-dealkylation sites (N-methyl/N-ethyl adjacent to an activating group) is 2. The minimum Gasteiger partial charge on any atom is -0.341 e. The van der Waals surface area contributed by atoms with Crippen LogP contribution in [0, 0.1) is 0 Å². The molecule has 1 aliphatic rings. The van der Waals surface area contributed by atoms with Crippen LogP contribution in [-0.2, 0) is 9.59 Å². The maximum absolute atomic E-state index is 12.2. The van der Waals surface area contributed by atoms with Gasteiger partial charge in [-0.3, -0.25) is 9.59 Å². The first-order valence-corrected chi connectivity index (χ1v) is 6.31. The molecular weight excluding hydrogens is 261 g/mol. The number of amides is 2. The summed E-state index contributed by atoms with van der Waals surface area (Å²) >= 11 is 0. The number of carbonyl (C=O) groups is 2. The van der Waals surface area contributed by atoms with E-state index in [1.54, 1.807) is 7.05 Å². The zero-order valence-electron chi connectivity index (χ0n) is 11.2. The van der Waals surface area contributed by atoms with Gasteiger partial charge in [-0.1, -0.05) is 19.3 Å². The number of carbonyl (C=O) groups excluding carboxylic acids is 2. The van der Waals surface area contributed by atoms with E-state index >= 15 is 0 Å². The van der Waals surface area contributed by atoms with E-state index < -0.39 is 24.5 Å². The van der Waals surface area contributed by atoms with E-state index in [1.807, 2.05) is 0 Å². The van der Waals surface area contributed by atoms with E-state index in [0.717, 1.165) is 39.2 Å². The van der Waals surface area contributed by atoms with Gasteiger partial charge in [-0.05, 0) is 12.8 Å². The van der Waals surface area contributed by atoms with E-state index in [-0.39, 0.29) is 6.04 Å². The first-order chi connectivity index (χ1) is 8.73. The molecule has 0 aliphatic heterocycles. The quantitative estimate of drug-likeness (QED) is 0.791. The van der Waals surface area contributed by atoms with Crippen molar-refractivity contribution in [1.82, 2.24) is 9.80 Å². The van der Waals surface area contributed by atoms with Crippen molar-refractivity contribution in [3.63, 3.8) is 0 Å². The Balaban J connectivity index is 2.51. The Morgan fingerprint density at radius 1 is 1.11 bits per heavy atom. The summed E-state index contributed by atoms with van der Waals surface area (Å²) in [7, 11) is 2.58. The summed E-state index contributed by atoms with van der Waals surface area (Å²) in [5.41, 5.74) is 0. The molecule has 0 heterocycles. The average molecular weight is 280 g/mol. The van der Waals surface area contributed by atoms with Crippen LogP contribution in [0.25, 0.3) is 0 Å². The Morgan fingerprint density at radius 3 is 2.11 bits per heavy atom. The van der Waals surface area contributed by atoms with Gasteiger partial charge in [-0.25, -0.2) is 0 Å². The molecule has 0 N–H and O–H groups in total. The second-order valence-electron chi connectivity index (χ2n) is 4.96. The summed E-state index contributed by atoms with van der Waals surface area (Å²) in [5.74, 6) is -2.44. The molecule has 0 aromatic heterocycles. The monoisotopic (exact) mass is 280 g/mol. The average Bonchev–Trinajstić information content (AvgIpc) is 2.36. The second kappa shape index (κ2) is 6.25. The van der Waals surface area contributed by atoms with Crippen molar-refractivity contribution in [3.05, 3.63) is 0 Å². The molecule has 0 saturated heterocycles. The van der Waals surface area contributed by atoms with E-state index in [4.69, 9.17) is 0 Å². The van der Waals surface area contributed by atoms with Crippen LogP contribution in [0.2, 0.25) is 0 Å². The Bertz CT molecular complexity index is 338. The van der Waals surface area contributed by atoms with Crippen LogP contribution in [0.4, 0.5) is 13.2 Å². The lowest BCUT2D eigenvalue weighted by atomic mass is 9.94. The molecular formula is C12H19F3N2O2. The fourth-order valence-corrected chi connectivity index (χ4v) is 2.27. The van der Waals surface area contributed by atoms with Gasteiger partial charge < -0.3 is 9.80 Å². The summed E-state index contributed by atoms with van der Waals surface area (Å²) in [6.07, 6.45) is 0.000983. The summed E-state index contributed by atoms with van der Waals surface area (Å²) in [4.78, 5) is 24.7. The number of hydrogen-bond acceptors (Lipinski definition) is 2. The van der Waals surface area contributed by atoms with Crippen molar-refractivity contribution < 1.29 is 22.8 Å². The zero-order chi connectivity index (χ0) is 14.6. The number of halogens is 3. The summed E-state index contributed by atoms with van der Waals surface area (Å²) in [6.45, 7) is -0.536. The van der Waals surface area contributed by atoms with Crippen molar-refractivity contribution in [2.45, 2.75) is 44.3 Å². The van der Waals surface area contributed by atoms with Crippen LogP contribution < -0.4 is 0 Å². The van der Waals surface area contributed by atoms with Gasteiger partial charge in [-0.15, -0.1) is 0 Å². The molecule has 7 heteroatoms. The summed E-state index contributed by atoms with van der Waals surface area (Å²) in [6, 6.07) is 0.0793. The Morgan fingerprint density at radius 2 is 1.63 bits per heavy atom. The summed E-state index contributed by atoms with van der Waals surface area (Å²) < 4.78 is 36.6. The fraction of sp³-hybridized carbons (Fsp3) is 0.833. The van der Waals surface area contributed by atoms with Crippen LogP contribution >= 0.6 is 0 Å². The molecule has 0 aromatic rings. The molecule has 0 unspecified atom stereocenters. The lowest BCUT2D eigenvalue weighted by Gasteiger charge is -2.32. The Kier molecular flexibility index (Phi) is 5.20. The van der Waals surface area contributed by atoms with Gasteiger partial charge in [0.2, 0.25) is 5.91 Å². The molecule has 19 heavy (non-hydrogen) atoms. The highest BCUT2D eigenvalue weighted by Crippen LogP contribution is 2.22. The van der Waals surface area contributed by atoms with Crippen molar-refractivity contribution in [1.29, 1.82) is 0 Å². The molecule has 0 aromatic carbocycles. The molecule has 1 saturated carbocycles. The van der Waals surface area contributed by atoms with Crippen molar-refractivity contribution in [2.75, 3.05) is 20.6 Å². The highest BCUT2D eigenvalue weighted by atomic mass is 19.4. The summed E-state index contributed by atoms with van der Waals surface area (Å²) in [5, 5.41) is 0. The van der Waals surface area contributed by atoms with Crippen molar-refractivity contribution in [2.24, 2.45) is 0 Å². The first-order valence-electron chi connectivity index (χ1n) is 6.31. The van der Waals surface area contributed by atoms with Gasteiger partial charge in [0.1, 0.15) is 0 Å². The van der Waals surface area contributed by atoms with Crippen molar-refractivity contribution >= 4 is 11.8 Å². The second-order valence-corrected chi connectivity index (χ2v) is 4.96. The van der Waals surface area contributed by atoms with E-state index in [0.29, 0.717) is 4.90 Å². The van der Waals surface area contributed by atoms with Crippen LogP contribution in [0.1, 0.15) is 32.1 Å². The third-order valence-electron chi connectivity index (χ3n) is 3.48. The molecule has 0 spiro atoms. The zero-order valence-corrected chi connectivity index (χ0v) is 11.2. The normalized spacial score (nSPS) is 17.1. The van der Waals surface area contributed by atoms with Crippen LogP contribution in [0.5, 0.6) is 0 Å². The highest BCUT2D eigenvalue weighted by molar-refractivity contribution is 5.87. The van der Waals surface area contributed by atoms with Gasteiger partial charge in [0.25, 0.3) is 0 Å². The molecule has 0 bridgehead atoms. The van der Waals surface area contributed by atoms with Gasteiger partial charge in [0, 0.05) is 20.1 Å². The van der Waals surface area contributed by atoms with Gasteiger partial charge >= 0.3 is 12.1 Å². The van der Waals surface area contributed by atoms with E-state index in [2.05, 4.69) is 0 Å². The van der Waals surface area contributed by atoms with E-state index in [1.165, 1.54) is 4.90 Å². The largest absolute Gasteiger partial charge is 0.471 e. The fourth-order valence-electron chi connectivity index (χ4n) is 2.27. The molecule has 0 radical (unpaired) electrons. The van der Waals surface area contributed by atoms with Gasteiger partial charge in [-0.2, -0.15) is 13.2 Å². The van der Waals surface area contributed by atoms with Crippen molar-refractivity contribution in [3.8, 4) is 0 Å². The molecule has 1 fully saturated rings. The molecule has 1 rings (SSSR count). The first kappa shape index (κ1) is 15.8. The SMILES string of the molecule is CN(CC(=O)N(C)C1CCCCC1)C(=O)C(F)(F)F. The molecule has 1 aliphatic carbocycles. The predicted octanol–water partition coefficient (Wildman–Crippen LogP) is 1.80. The van der Waals surface area contributed by atoms with E-state index in [9.17, 15) is 22.8 Å². The number of rotatable bonds is 3. The Hall–Kier alpha value is -1.27. The lowest BCUT2D eigenvalue weighted by Crippen LogP contribution is -2.47. The minimum atomic E-state index is -4.93. The van der Waals surface area contributed by atoms with Gasteiger partial charge in [0.05, 0.1) is 6.54 Å². The molecule has 4 nitrogen and oxygen atoms in total. The number of hydrogen-bond donors (Lipinski definition) is 0. The van der Waals surface area contributed by atoms with Crippen LogP contribution in [0.15, 0.2) is 0 Å². The third kappa shape index (κ3) is 4.40. The van der Waals surface area contributed by atoms with Crippen LogP contribution in [0.3, 0.4) is 0 Å². The highest BCUT2D eigenvalue weighted by Gasteiger charge is 2.42. The standard InChI is InChI=1S/C12H19F3N2O2/c1-16(11(19)12(13,14)15)8-10(18)17(2)9-6-4-3-5-7-9/h9H,3-8H2,1-2H3. The molecule has 2 amide bonds. The lowest BCUT2D eigenvalue weighted by molar-refractivity contribution is -0.184.